The van der Waals surface area contributed by atoms with Crippen LogP contribution in [-0.4, -0.2) is 51.3 Å². The number of halogens is 1. The number of hydrogen-bond donors (Lipinski definition) is 1. The number of carbonyl (C=O) groups excluding carboxylic acids is 2. The molecule has 0 radical (unpaired) electrons. The monoisotopic (exact) mass is 501 g/mol. The second-order valence-electron chi connectivity index (χ2n) is 7.57. The molecule has 0 unspecified atom stereocenters. The smallest absolute Gasteiger partial charge is 0.355 e. The maximum absolute atomic E-state index is 12.7. The van der Waals surface area contributed by atoms with E-state index in [1.807, 2.05) is 24.3 Å². The summed E-state index contributed by atoms with van der Waals surface area (Å²) in [5, 5.41) is 6.98. The Morgan fingerprint density at radius 3 is 2.75 bits per heavy atom. The number of nitrogens with zero attached hydrogens (tertiary/aromatic N) is 4. The molecule has 0 saturated carbocycles. The van der Waals surface area contributed by atoms with E-state index in [2.05, 4.69) is 31.4 Å². The SMILES string of the molecule is CCOC(=O)c1cc(NC(=O)N2CCC(c3nc(-c4ccccc4Br)no3)CC2)cn1C. The second-order valence-corrected chi connectivity index (χ2v) is 8.43. The summed E-state index contributed by atoms with van der Waals surface area (Å²) in [5.74, 6) is 0.833. The fourth-order valence-electron chi connectivity index (χ4n) is 3.73. The van der Waals surface area contributed by atoms with Crippen LogP contribution < -0.4 is 5.32 Å². The molecule has 1 fully saturated rings. The molecule has 32 heavy (non-hydrogen) atoms. The Morgan fingerprint density at radius 2 is 2.03 bits per heavy atom. The van der Waals surface area contributed by atoms with Gasteiger partial charge in [0.25, 0.3) is 0 Å². The third-order valence-electron chi connectivity index (χ3n) is 5.43. The van der Waals surface area contributed by atoms with Crippen molar-refractivity contribution in [2.75, 3.05) is 25.0 Å². The molecule has 1 aromatic carbocycles. The van der Waals surface area contributed by atoms with Gasteiger partial charge in [0.05, 0.1) is 12.3 Å². The summed E-state index contributed by atoms with van der Waals surface area (Å²) >= 11 is 3.51. The average Bonchev–Trinajstić information content (AvgIpc) is 3.41. The first kappa shape index (κ1) is 22.1. The summed E-state index contributed by atoms with van der Waals surface area (Å²) in [4.78, 5) is 31.0. The fourth-order valence-corrected chi connectivity index (χ4v) is 4.19. The number of urea groups is 1. The van der Waals surface area contributed by atoms with Crippen LogP contribution in [0.3, 0.4) is 0 Å². The van der Waals surface area contributed by atoms with Crippen molar-refractivity contribution in [2.24, 2.45) is 7.05 Å². The number of anilines is 1. The molecular formula is C22H24BrN5O4. The molecule has 1 saturated heterocycles. The van der Waals surface area contributed by atoms with E-state index in [0.29, 0.717) is 42.8 Å². The Balaban J connectivity index is 1.34. The third-order valence-corrected chi connectivity index (χ3v) is 6.12. The molecule has 3 aromatic rings. The summed E-state index contributed by atoms with van der Waals surface area (Å²) in [7, 11) is 1.74. The molecule has 2 amide bonds. The number of ether oxygens (including phenoxy) is 1. The Hall–Kier alpha value is -3.14. The van der Waals surface area contributed by atoms with Crippen molar-refractivity contribution in [1.29, 1.82) is 0 Å². The molecule has 2 aromatic heterocycles. The van der Waals surface area contributed by atoms with Crippen LogP contribution in [0.2, 0.25) is 0 Å². The van der Waals surface area contributed by atoms with E-state index in [4.69, 9.17) is 9.26 Å². The number of amides is 2. The van der Waals surface area contributed by atoms with Crippen molar-refractivity contribution < 1.29 is 18.8 Å². The van der Waals surface area contributed by atoms with Gasteiger partial charge in [0.15, 0.2) is 0 Å². The van der Waals surface area contributed by atoms with Gasteiger partial charge in [-0.3, -0.25) is 0 Å². The second kappa shape index (κ2) is 9.56. The zero-order valence-corrected chi connectivity index (χ0v) is 19.5. The van der Waals surface area contributed by atoms with E-state index in [9.17, 15) is 9.59 Å². The number of carbonyl (C=O) groups is 2. The van der Waals surface area contributed by atoms with Crippen molar-refractivity contribution in [3.8, 4) is 11.4 Å². The van der Waals surface area contributed by atoms with Gasteiger partial charge in [0.2, 0.25) is 11.7 Å². The molecule has 1 aliphatic heterocycles. The minimum absolute atomic E-state index is 0.106. The van der Waals surface area contributed by atoms with Gasteiger partial charge in [0.1, 0.15) is 5.69 Å². The van der Waals surface area contributed by atoms with E-state index in [1.165, 1.54) is 0 Å². The number of aryl methyl sites for hydroxylation is 1. The minimum Gasteiger partial charge on any atom is -0.461 e. The summed E-state index contributed by atoms with van der Waals surface area (Å²) in [6.45, 7) is 3.19. The van der Waals surface area contributed by atoms with Crippen molar-refractivity contribution in [3.05, 3.63) is 52.6 Å². The first-order chi connectivity index (χ1) is 15.5. The molecule has 10 heteroatoms. The number of esters is 1. The van der Waals surface area contributed by atoms with Gasteiger partial charge in [-0.25, -0.2) is 9.59 Å². The number of benzene rings is 1. The lowest BCUT2D eigenvalue weighted by Gasteiger charge is -2.30. The van der Waals surface area contributed by atoms with E-state index in [0.717, 1.165) is 22.9 Å². The van der Waals surface area contributed by atoms with Crippen LogP contribution in [0.25, 0.3) is 11.4 Å². The standard InChI is InChI=1S/C22H24BrN5O4/c1-3-31-21(29)18-12-15(13-27(18)2)24-22(30)28-10-8-14(9-11-28)20-25-19(26-32-20)16-6-4-5-7-17(16)23/h4-7,12-14H,3,8-11H2,1-2H3,(H,24,30). The van der Waals surface area contributed by atoms with Gasteiger partial charge in [-0.05, 0) is 38.0 Å². The van der Waals surface area contributed by atoms with E-state index in [-0.39, 0.29) is 11.9 Å². The Morgan fingerprint density at radius 1 is 1.28 bits per heavy atom. The molecule has 0 spiro atoms. The summed E-state index contributed by atoms with van der Waals surface area (Å²) < 4.78 is 13.1. The summed E-state index contributed by atoms with van der Waals surface area (Å²) in [6.07, 6.45) is 3.15. The van der Waals surface area contributed by atoms with Gasteiger partial charge in [-0.15, -0.1) is 0 Å². The van der Waals surface area contributed by atoms with Crippen LogP contribution in [0.5, 0.6) is 0 Å². The highest BCUT2D eigenvalue weighted by Crippen LogP contribution is 2.31. The maximum atomic E-state index is 12.7. The lowest BCUT2D eigenvalue weighted by Crippen LogP contribution is -2.40. The number of piperidine rings is 1. The molecule has 0 atom stereocenters. The lowest BCUT2D eigenvalue weighted by atomic mass is 9.97. The van der Waals surface area contributed by atoms with Crippen LogP contribution in [0, 0.1) is 0 Å². The topological polar surface area (TPSA) is 102 Å². The van der Waals surface area contributed by atoms with Crippen molar-refractivity contribution in [1.82, 2.24) is 19.6 Å². The number of likely N-dealkylation sites (tertiary alicyclic amines) is 1. The van der Waals surface area contributed by atoms with Gasteiger partial charge >= 0.3 is 12.0 Å². The average molecular weight is 502 g/mol. The van der Waals surface area contributed by atoms with Crippen LogP contribution in [-0.2, 0) is 11.8 Å². The fraction of sp³-hybridized carbons (Fsp3) is 0.364. The number of nitrogens with one attached hydrogen (secondary N) is 1. The molecule has 3 heterocycles. The van der Waals surface area contributed by atoms with Gasteiger partial charge in [0, 0.05) is 42.3 Å². The highest BCUT2D eigenvalue weighted by molar-refractivity contribution is 9.10. The number of hydrogen-bond acceptors (Lipinski definition) is 6. The quantitative estimate of drug-likeness (QED) is 0.518. The van der Waals surface area contributed by atoms with E-state index >= 15 is 0 Å². The van der Waals surface area contributed by atoms with Gasteiger partial charge in [-0.2, -0.15) is 4.98 Å². The van der Waals surface area contributed by atoms with E-state index < -0.39 is 5.97 Å². The first-order valence-corrected chi connectivity index (χ1v) is 11.2. The molecule has 168 valence electrons. The maximum Gasteiger partial charge on any atom is 0.355 e. The molecular weight excluding hydrogens is 478 g/mol. The summed E-state index contributed by atoms with van der Waals surface area (Å²) in [5.41, 5.74) is 1.82. The van der Waals surface area contributed by atoms with Crippen LogP contribution in [0.15, 0.2) is 45.5 Å². The Bertz CT molecular complexity index is 1120. The molecule has 0 bridgehead atoms. The molecule has 1 N–H and O–H groups in total. The van der Waals surface area contributed by atoms with Gasteiger partial charge < -0.3 is 24.0 Å². The highest BCUT2D eigenvalue weighted by Gasteiger charge is 2.28. The van der Waals surface area contributed by atoms with Crippen LogP contribution in [0.1, 0.15) is 42.1 Å². The Kier molecular flexibility index (Phi) is 6.59. The molecule has 0 aliphatic carbocycles. The van der Waals surface area contributed by atoms with Gasteiger partial charge in [-0.1, -0.05) is 33.2 Å². The Labute approximate surface area is 193 Å². The van der Waals surface area contributed by atoms with E-state index in [1.54, 1.807) is 35.7 Å². The predicted octanol–water partition coefficient (Wildman–Crippen LogP) is 4.43. The lowest BCUT2D eigenvalue weighted by molar-refractivity contribution is 0.0515. The first-order valence-electron chi connectivity index (χ1n) is 10.4. The van der Waals surface area contributed by atoms with Crippen LogP contribution >= 0.6 is 15.9 Å². The van der Waals surface area contributed by atoms with Crippen molar-refractivity contribution >= 4 is 33.6 Å². The highest BCUT2D eigenvalue weighted by atomic mass is 79.9. The normalized spacial score (nSPS) is 14.4. The number of rotatable bonds is 5. The number of aromatic nitrogens is 3. The molecule has 9 nitrogen and oxygen atoms in total. The predicted molar refractivity (Wildman–Crippen MR) is 121 cm³/mol. The zero-order valence-electron chi connectivity index (χ0n) is 17.9. The molecule has 4 rings (SSSR count). The summed E-state index contributed by atoms with van der Waals surface area (Å²) in [6, 6.07) is 9.14. The molecule has 1 aliphatic rings. The largest absolute Gasteiger partial charge is 0.461 e. The van der Waals surface area contributed by atoms with Crippen molar-refractivity contribution in [3.63, 3.8) is 0 Å². The van der Waals surface area contributed by atoms with Crippen LogP contribution in [0.4, 0.5) is 10.5 Å². The third kappa shape index (κ3) is 4.69. The van der Waals surface area contributed by atoms with Crippen molar-refractivity contribution in [2.45, 2.75) is 25.7 Å². The minimum atomic E-state index is -0.419. The zero-order chi connectivity index (χ0) is 22.7.